The number of anilines is 2. The molecule has 3 rings (SSSR count). The van der Waals surface area contributed by atoms with Crippen LogP contribution in [0.2, 0.25) is 29.8 Å². The summed E-state index contributed by atoms with van der Waals surface area (Å²) in [5.41, 5.74) is 4.37. The molecule has 0 radical (unpaired) electrons. The van der Waals surface area contributed by atoms with Crippen molar-refractivity contribution in [1.82, 2.24) is 14.5 Å². The number of nitrogens with one attached hydrogen (secondary N) is 1. The number of ether oxygens (including phenoxy) is 1. The lowest BCUT2D eigenvalue weighted by molar-refractivity contribution is 0.414. The molecule has 0 unspecified atom stereocenters. The molecular formula is C22H22Cl2N4O2Si. The number of benzene rings is 1. The Labute approximate surface area is 192 Å². The number of halogens is 2. The molecule has 0 aliphatic heterocycles. The molecule has 160 valence electrons. The van der Waals surface area contributed by atoms with Crippen molar-refractivity contribution in [2.45, 2.75) is 26.2 Å². The van der Waals surface area contributed by atoms with Gasteiger partial charge >= 0.3 is 0 Å². The number of rotatable bonds is 5. The Bertz CT molecular complexity index is 1210. The summed E-state index contributed by atoms with van der Waals surface area (Å²) in [6.45, 7) is 6.72. The van der Waals surface area contributed by atoms with Crippen LogP contribution in [0.3, 0.4) is 0 Å². The monoisotopic (exact) mass is 472 g/mol. The van der Waals surface area contributed by atoms with Crippen LogP contribution in [0.25, 0.3) is 0 Å². The maximum Gasteiger partial charge on any atom is 0.294 e. The Morgan fingerprint density at radius 2 is 1.84 bits per heavy atom. The third kappa shape index (κ3) is 6.11. The lowest BCUT2D eigenvalue weighted by Crippen LogP contribution is -2.24. The minimum atomic E-state index is -1.64. The van der Waals surface area contributed by atoms with E-state index in [9.17, 15) is 4.79 Å². The SMILES string of the molecule is COc1ccc(Cn2cc(Cl)nc(Nc3nccc(Cl)c3C#C[Si](C)(C)C)c2=O)cc1. The minimum absolute atomic E-state index is 0.0480. The van der Waals surface area contributed by atoms with Crippen molar-refractivity contribution >= 4 is 42.9 Å². The first-order valence-corrected chi connectivity index (χ1v) is 13.8. The summed E-state index contributed by atoms with van der Waals surface area (Å²) in [7, 11) is -0.0403. The summed E-state index contributed by atoms with van der Waals surface area (Å²) >= 11 is 12.5. The van der Waals surface area contributed by atoms with Gasteiger partial charge in [-0.3, -0.25) is 4.79 Å². The Morgan fingerprint density at radius 3 is 2.48 bits per heavy atom. The van der Waals surface area contributed by atoms with Crippen LogP contribution in [-0.2, 0) is 6.54 Å². The molecule has 31 heavy (non-hydrogen) atoms. The van der Waals surface area contributed by atoms with Crippen molar-refractivity contribution in [3.05, 3.63) is 74.4 Å². The van der Waals surface area contributed by atoms with Crippen LogP contribution < -0.4 is 15.6 Å². The Morgan fingerprint density at radius 1 is 1.13 bits per heavy atom. The van der Waals surface area contributed by atoms with Crippen molar-refractivity contribution < 1.29 is 4.74 Å². The predicted molar refractivity (Wildman–Crippen MR) is 128 cm³/mol. The summed E-state index contributed by atoms with van der Waals surface area (Å²) in [6.07, 6.45) is 3.04. The predicted octanol–water partition coefficient (Wildman–Crippen LogP) is 4.97. The van der Waals surface area contributed by atoms with Gasteiger partial charge in [0.25, 0.3) is 5.56 Å². The van der Waals surface area contributed by atoms with Crippen LogP contribution in [0, 0.1) is 11.5 Å². The second-order valence-corrected chi connectivity index (χ2v) is 13.4. The number of pyridine rings is 1. The molecule has 1 aromatic carbocycles. The van der Waals surface area contributed by atoms with E-state index >= 15 is 0 Å². The first kappa shape index (κ1) is 22.9. The molecule has 0 amide bonds. The lowest BCUT2D eigenvalue weighted by atomic mass is 10.2. The van der Waals surface area contributed by atoms with Crippen molar-refractivity contribution in [3.63, 3.8) is 0 Å². The highest BCUT2D eigenvalue weighted by Crippen LogP contribution is 2.23. The van der Waals surface area contributed by atoms with Crippen LogP contribution in [-0.4, -0.2) is 29.7 Å². The van der Waals surface area contributed by atoms with E-state index in [4.69, 9.17) is 27.9 Å². The van der Waals surface area contributed by atoms with E-state index in [0.717, 1.165) is 11.3 Å². The normalized spacial score (nSPS) is 10.9. The molecular weight excluding hydrogens is 451 g/mol. The molecule has 2 heterocycles. The molecule has 2 aromatic heterocycles. The summed E-state index contributed by atoms with van der Waals surface area (Å²) in [5.74, 6) is 4.27. The molecule has 6 nitrogen and oxygen atoms in total. The summed E-state index contributed by atoms with van der Waals surface area (Å²) in [6, 6.07) is 9.10. The van der Waals surface area contributed by atoms with E-state index in [1.807, 2.05) is 24.3 Å². The standard InChI is InChI=1S/C22H22Cl2N4O2Si/c1-30-16-7-5-15(6-8-16)13-28-14-19(24)26-21(22(28)29)27-20-17(10-12-31(2,3)4)18(23)9-11-25-20/h5-9,11,14H,13H2,1-4H3,(H,25,26,27). The van der Waals surface area contributed by atoms with Gasteiger partial charge in [-0.05, 0) is 23.8 Å². The van der Waals surface area contributed by atoms with E-state index in [-0.39, 0.29) is 16.5 Å². The van der Waals surface area contributed by atoms with Gasteiger partial charge < -0.3 is 14.6 Å². The Kier molecular flexibility index (Phi) is 7.06. The van der Waals surface area contributed by atoms with Crippen LogP contribution >= 0.6 is 23.2 Å². The quantitative estimate of drug-likeness (QED) is 0.419. The fourth-order valence-electron chi connectivity index (χ4n) is 2.65. The number of methoxy groups -OCH3 is 1. The van der Waals surface area contributed by atoms with Gasteiger partial charge in [0.05, 0.1) is 24.2 Å². The van der Waals surface area contributed by atoms with Gasteiger partial charge in [-0.1, -0.05) is 60.9 Å². The molecule has 0 aliphatic rings. The minimum Gasteiger partial charge on any atom is -0.497 e. The van der Waals surface area contributed by atoms with Gasteiger partial charge in [-0.2, -0.15) is 0 Å². The zero-order chi connectivity index (χ0) is 22.6. The van der Waals surface area contributed by atoms with Gasteiger partial charge in [0, 0.05) is 12.4 Å². The highest BCUT2D eigenvalue weighted by molar-refractivity contribution is 6.83. The lowest BCUT2D eigenvalue weighted by Gasteiger charge is -2.12. The van der Waals surface area contributed by atoms with E-state index < -0.39 is 8.07 Å². The van der Waals surface area contributed by atoms with Gasteiger partial charge in [0.2, 0.25) is 0 Å². The fraction of sp³-hybridized carbons (Fsp3) is 0.227. The first-order chi connectivity index (χ1) is 14.7. The summed E-state index contributed by atoms with van der Waals surface area (Å²) < 4.78 is 6.66. The molecule has 0 fully saturated rings. The Hall–Kier alpha value is -2.79. The molecule has 0 atom stereocenters. The molecule has 3 aromatic rings. The highest BCUT2D eigenvalue weighted by atomic mass is 35.5. The average Bonchev–Trinajstić information content (AvgIpc) is 2.71. The van der Waals surface area contributed by atoms with E-state index in [0.29, 0.717) is 22.9 Å². The van der Waals surface area contributed by atoms with Gasteiger partial charge in [-0.25, -0.2) is 9.97 Å². The van der Waals surface area contributed by atoms with Gasteiger partial charge in [-0.15, -0.1) is 5.54 Å². The molecule has 0 saturated carbocycles. The van der Waals surface area contributed by atoms with Crippen LogP contribution in [0.4, 0.5) is 11.6 Å². The fourth-order valence-corrected chi connectivity index (χ4v) is 3.54. The zero-order valence-corrected chi connectivity index (χ0v) is 20.2. The number of hydrogen-bond donors (Lipinski definition) is 1. The number of hydrogen-bond acceptors (Lipinski definition) is 5. The van der Waals surface area contributed by atoms with Crippen LogP contribution in [0.1, 0.15) is 11.1 Å². The third-order valence-electron chi connectivity index (χ3n) is 4.16. The number of nitrogens with zero attached hydrogens (tertiary/aromatic N) is 3. The topological polar surface area (TPSA) is 69.0 Å². The molecule has 9 heteroatoms. The summed E-state index contributed by atoms with van der Waals surface area (Å²) in [4.78, 5) is 21.5. The molecule has 1 N–H and O–H groups in total. The number of aromatic nitrogens is 3. The second kappa shape index (κ2) is 9.56. The smallest absolute Gasteiger partial charge is 0.294 e. The van der Waals surface area contributed by atoms with Gasteiger partial charge in [0.15, 0.2) is 5.82 Å². The second-order valence-electron chi connectivity index (χ2n) is 7.83. The van der Waals surface area contributed by atoms with Crippen molar-refractivity contribution in [2.24, 2.45) is 0 Å². The largest absolute Gasteiger partial charge is 0.497 e. The molecule has 0 bridgehead atoms. The van der Waals surface area contributed by atoms with Crippen LogP contribution in [0.5, 0.6) is 5.75 Å². The molecule has 0 aliphatic carbocycles. The maximum atomic E-state index is 13.0. The van der Waals surface area contributed by atoms with E-state index in [1.54, 1.807) is 19.4 Å². The van der Waals surface area contributed by atoms with Crippen molar-refractivity contribution in [1.29, 1.82) is 0 Å². The first-order valence-electron chi connectivity index (χ1n) is 9.51. The van der Waals surface area contributed by atoms with Gasteiger partial charge in [0.1, 0.15) is 24.8 Å². The summed E-state index contributed by atoms with van der Waals surface area (Å²) in [5, 5.41) is 3.59. The van der Waals surface area contributed by atoms with Crippen molar-refractivity contribution in [3.8, 4) is 17.2 Å². The molecule has 0 saturated heterocycles. The molecule has 0 spiro atoms. The Balaban J connectivity index is 1.97. The average molecular weight is 473 g/mol. The van der Waals surface area contributed by atoms with Crippen molar-refractivity contribution in [2.75, 3.05) is 12.4 Å². The van der Waals surface area contributed by atoms with E-state index in [2.05, 4.69) is 46.4 Å². The highest BCUT2D eigenvalue weighted by Gasteiger charge is 2.14. The zero-order valence-electron chi connectivity index (χ0n) is 17.7. The third-order valence-corrected chi connectivity index (χ3v) is 5.53. The van der Waals surface area contributed by atoms with E-state index in [1.165, 1.54) is 10.8 Å². The van der Waals surface area contributed by atoms with Crippen LogP contribution in [0.15, 0.2) is 47.5 Å². The maximum absolute atomic E-state index is 13.0.